The average molecular weight is 519 g/mol. The molecule has 8 heteroatoms. The standard InChI is InChI=1S/C29H34N4O3S/c1-36-26-18-25-23(16-20(26)8-3-6-15-33-13-4-2-5-14-33)29(31-19-30-25)32-24-9-7-10-27-22(24)17-21(37-27)11-12-28(34)35/h7,9-10,16-19H,2-6,8,11-15H2,1H3,(H,34,35)(H,30,31,32). The van der Waals surface area contributed by atoms with E-state index in [0.29, 0.717) is 6.42 Å². The molecular weight excluding hydrogens is 484 g/mol. The number of hydrogen-bond donors (Lipinski definition) is 2. The number of unbranched alkanes of at least 4 members (excludes halogenated alkanes) is 1. The Morgan fingerprint density at radius 3 is 2.76 bits per heavy atom. The van der Waals surface area contributed by atoms with Gasteiger partial charge in [0.25, 0.3) is 0 Å². The Kier molecular flexibility index (Phi) is 8.16. The van der Waals surface area contributed by atoms with Crippen LogP contribution >= 0.6 is 11.3 Å². The highest BCUT2D eigenvalue weighted by Gasteiger charge is 2.14. The van der Waals surface area contributed by atoms with Crippen molar-refractivity contribution in [1.29, 1.82) is 0 Å². The highest BCUT2D eigenvalue weighted by atomic mass is 32.1. The molecule has 1 aliphatic heterocycles. The van der Waals surface area contributed by atoms with Gasteiger partial charge in [-0.3, -0.25) is 4.79 Å². The van der Waals surface area contributed by atoms with E-state index in [9.17, 15) is 4.79 Å². The van der Waals surface area contributed by atoms with Gasteiger partial charge in [0.2, 0.25) is 0 Å². The number of likely N-dealkylation sites (tertiary alicyclic amines) is 1. The van der Waals surface area contributed by atoms with Gasteiger partial charge < -0.3 is 20.1 Å². The summed E-state index contributed by atoms with van der Waals surface area (Å²) in [6.45, 7) is 3.65. The molecular formula is C29H34N4O3S. The predicted molar refractivity (Wildman–Crippen MR) is 150 cm³/mol. The van der Waals surface area contributed by atoms with Crippen LogP contribution in [-0.2, 0) is 17.6 Å². The molecule has 4 aromatic rings. The number of piperidine rings is 1. The Morgan fingerprint density at radius 2 is 1.95 bits per heavy atom. The van der Waals surface area contributed by atoms with Gasteiger partial charge in [-0.1, -0.05) is 12.5 Å². The number of ether oxygens (including phenoxy) is 1. The van der Waals surface area contributed by atoms with Crippen molar-refractivity contribution in [1.82, 2.24) is 14.9 Å². The monoisotopic (exact) mass is 518 g/mol. The summed E-state index contributed by atoms with van der Waals surface area (Å²) in [5.74, 6) is 0.854. The van der Waals surface area contributed by atoms with Crippen molar-refractivity contribution < 1.29 is 14.6 Å². The lowest BCUT2D eigenvalue weighted by Gasteiger charge is -2.26. The van der Waals surface area contributed by atoms with Gasteiger partial charge in [0.15, 0.2) is 0 Å². The lowest BCUT2D eigenvalue weighted by Crippen LogP contribution is -2.30. The number of aromatic nitrogens is 2. The highest BCUT2D eigenvalue weighted by Crippen LogP contribution is 2.35. The van der Waals surface area contributed by atoms with E-state index in [1.165, 1.54) is 50.9 Å². The van der Waals surface area contributed by atoms with Gasteiger partial charge >= 0.3 is 5.97 Å². The first-order chi connectivity index (χ1) is 18.1. The smallest absolute Gasteiger partial charge is 0.303 e. The van der Waals surface area contributed by atoms with E-state index in [4.69, 9.17) is 9.84 Å². The van der Waals surface area contributed by atoms with Crippen LogP contribution in [0.5, 0.6) is 5.75 Å². The second-order valence-electron chi connectivity index (χ2n) is 9.71. The van der Waals surface area contributed by atoms with Crippen LogP contribution in [0.1, 0.15) is 49.0 Å². The number of aliphatic carboxylic acids is 1. The van der Waals surface area contributed by atoms with Crippen molar-refractivity contribution in [2.24, 2.45) is 0 Å². The van der Waals surface area contributed by atoms with Crippen LogP contribution in [0.2, 0.25) is 0 Å². The first-order valence-corrected chi connectivity index (χ1v) is 14.0. The van der Waals surface area contributed by atoms with Crippen molar-refractivity contribution in [3.05, 3.63) is 53.2 Å². The maximum atomic E-state index is 11.0. The van der Waals surface area contributed by atoms with Crippen LogP contribution in [0.25, 0.3) is 21.0 Å². The molecule has 0 radical (unpaired) electrons. The minimum absolute atomic E-state index is 0.134. The third-order valence-corrected chi connectivity index (χ3v) is 8.27. The topological polar surface area (TPSA) is 87.6 Å². The van der Waals surface area contributed by atoms with Gasteiger partial charge in [0.05, 0.1) is 19.0 Å². The van der Waals surface area contributed by atoms with E-state index in [-0.39, 0.29) is 6.42 Å². The van der Waals surface area contributed by atoms with Crippen molar-refractivity contribution in [3.8, 4) is 5.75 Å². The Labute approximate surface area is 221 Å². The molecule has 0 unspecified atom stereocenters. The number of carboxylic acid groups (broad SMARTS) is 1. The van der Waals surface area contributed by atoms with Gasteiger partial charge in [-0.15, -0.1) is 11.3 Å². The summed E-state index contributed by atoms with van der Waals surface area (Å²) >= 11 is 1.64. The molecule has 2 aromatic carbocycles. The maximum Gasteiger partial charge on any atom is 0.303 e. The van der Waals surface area contributed by atoms with Crippen LogP contribution in [0, 0.1) is 0 Å². The van der Waals surface area contributed by atoms with E-state index in [0.717, 1.165) is 56.0 Å². The van der Waals surface area contributed by atoms with E-state index >= 15 is 0 Å². The molecule has 2 N–H and O–H groups in total. The summed E-state index contributed by atoms with van der Waals surface area (Å²) in [4.78, 5) is 23.8. The van der Waals surface area contributed by atoms with Crippen LogP contribution in [0.3, 0.4) is 0 Å². The number of fused-ring (bicyclic) bond motifs is 2. The molecule has 194 valence electrons. The van der Waals surface area contributed by atoms with E-state index < -0.39 is 5.97 Å². The van der Waals surface area contributed by atoms with Gasteiger partial charge in [-0.25, -0.2) is 9.97 Å². The van der Waals surface area contributed by atoms with E-state index in [1.54, 1.807) is 24.8 Å². The Bertz CT molecular complexity index is 1380. The summed E-state index contributed by atoms with van der Waals surface area (Å²) in [7, 11) is 1.72. The Hall–Kier alpha value is -3.23. The molecule has 0 atom stereocenters. The minimum atomic E-state index is -0.777. The third-order valence-electron chi connectivity index (χ3n) is 7.11. The molecule has 0 bridgehead atoms. The van der Waals surface area contributed by atoms with Crippen LogP contribution in [0.4, 0.5) is 11.5 Å². The number of benzene rings is 2. The number of rotatable bonds is 11. The van der Waals surface area contributed by atoms with E-state index in [2.05, 4.69) is 38.4 Å². The fraction of sp³-hybridized carbons (Fsp3) is 0.414. The van der Waals surface area contributed by atoms with E-state index in [1.807, 2.05) is 18.2 Å². The zero-order valence-corrected chi connectivity index (χ0v) is 22.1. The Balaban J connectivity index is 1.36. The Morgan fingerprint density at radius 1 is 1.08 bits per heavy atom. The molecule has 5 rings (SSSR count). The summed E-state index contributed by atoms with van der Waals surface area (Å²) < 4.78 is 6.85. The fourth-order valence-corrected chi connectivity index (χ4v) is 6.24. The normalized spacial score (nSPS) is 14.3. The molecule has 3 heterocycles. The molecule has 1 aliphatic rings. The number of thiophene rings is 1. The zero-order valence-electron chi connectivity index (χ0n) is 21.3. The van der Waals surface area contributed by atoms with Crippen molar-refractivity contribution in [2.45, 2.75) is 51.4 Å². The summed E-state index contributed by atoms with van der Waals surface area (Å²) in [6.07, 6.45) is 9.52. The molecule has 0 spiro atoms. The largest absolute Gasteiger partial charge is 0.496 e. The SMILES string of the molecule is COc1cc2ncnc(Nc3cccc4sc(CCC(=O)O)cc34)c2cc1CCCCN1CCCCC1. The molecule has 1 saturated heterocycles. The predicted octanol–water partition coefficient (Wildman–Crippen LogP) is 6.42. The quantitative estimate of drug-likeness (QED) is 0.221. The zero-order chi connectivity index (χ0) is 25.6. The summed E-state index contributed by atoms with van der Waals surface area (Å²) in [5, 5.41) is 14.6. The highest BCUT2D eigenvalue weighted by molar-refractivity contribution is 7.19. The molecule has 0 amide bonds. The fourth-order valence-electron chi connectivity index (χ4n) is 5.15. The molecule has 0 aliphatic carbocycles. The first kappa shape index (κ1) is 25.4. The molecule has 2 aromatic heterocycles. The number of anilines is 2. The molecule has 0 saturated carbocycles. The van der Waals surface area contributed by atoms with Gasteiger partial charge in [0, 0.05) is 32.1 Å². The summed E-state index contributed by atoms with van der Waals surface area (Å²) in [5.41, 5.74) is 2.97. The third kappa shape index (κ3) is 6.19. The number of carbonyl (C=O) groups is 1. The lowest BCUT2D eigenvalue weighted by molar-refractivity contribution is -0.136. The van der Waals surface area contributed by atoms with Gasteiger partial charge in [0.1, 0.15) is 17.9 Å². The first-order valence-electron chi connectivity index (χ1n) is 13.1. The maximum absolute atomic E-state index is 11.0. The number of hydrogen-bond acceptors (Lipinski definition) is 7. The van der Waals surface area contributed by atoms with Crippen molar-refractivity contribution in [3.63, 3.8) is 0 Å². The second kappa shape index (κ2) is 11.9. The second-order valence-corrected chi connectivity index (χ2v) is 10.9. The number of nitrogens with zero attached hydrogens (tertiary/aromatic N) is 3. The summed E-state index contributed by atoms with van der Waals surface area (Å²) in [6, 6.07) is 12.4. The molecule has 7 nitrogen and oxygen atoms in total. The lowest BCUT2D eigenvalue weighted by atomic mass is 10.0. The number of aryl methyl sites for hydroxylation is 2. The van der Waals surface area contributed by atoms with Crippen molar-refractivity contribution in [2.75, 3.05) is 32.1 Å². The number of carboxylic acids is 1. The molecule has 37 heavy (non-hydrogen) atoms. The minimum Gasteiger partial charge on any atom is -0.496 e. The number of nitrogens with one attached hydrogen (secondary N) is 1. The number of methoxy groups -OCH3 is 1. The molecule has 1 fully saturated rings. The van der Waals surface area contributed by atoms with Gasteiger partial charge in [-0.05, 0) is 88.0 Å². The van der Waals surface area contributed by atoms with Crippen LogP contribution in [0.15, 0.2) is 42.7 Å². The van der Waals surface area contributed by atoms with Crippen molar-refractivity contribution >= 4 is 49.8 Å². The van der Waals surface area contributed by atoms with Gasteiger partial charge in [-0.2, -0.15) is 0 Å². The van der Waals surface area contributed by atoms with Crippen LogP contribution < -0.4 is 10.1 Å². The average Bonchev–Trinajstić information content (AvgIpc) is 3.34. The van der Waals surface area contributed by atoms with Crippen LogP contribution in [-0.4, -0.2) is 52.7 Å².